The highest BCUT2D eigenvalue weighted by molar-refractivity contribution is 6.09. The SMILES string of the molecule is COc1ccc2c(c1)N(C(=O)OCc1ccccc1)CCC21NC(=O)N(Cc2ccccn2)C1=O. The van der Waals surface area contributed by atoms with E-state index in [2.05, 4.69) is 10.3 Å². The van der Waals surface area contributed by atoms with Crippen molar-refractivity contribution in [3.05, 3.63) is 89.7 Å². The number of urea groups is 1. The summed E-state index contributed by atoms with van der Waals surface area (Å²) in [5.74, 6) is 0.139. The average Bonchev–Trinajstić information content (AvgIpc) is 3.13. The first-order valence-corrected chi connectivity index (χ1v) is 11.2. The molecule has 4 amide bonds. The van der Waals surface area contributed by atoms with Crippen LogP contribution in [-0.2, 0) is 28.2 Å². The summed E-state index contributed by atoms with van der Waals surface area (Å²) in [6.07, 6.45) is 1.28. The van der Waals surface area contributed by atoms with Crippen LogP contribution in [0.15, 0.2) is 72.9 Å². The molecule has 1 atom stereocenters. The van der Waals surface area contributed by atoms with E-state index < -0.39 is 17.7 Å². The Hall–Kier alpha value is -4.40. The molecule has 2 aliphatic heterocycles. The number of nitrogens with zero attached hydrogens (tertiary/aromatic N) is 3. The van der Waals surface area contributed by atoms with Crippen molar-refractivity contribution in [3.63, 3.8) is 0 Å². The summed E-state index contributed by atoms with van der Waals surface area (Å²) in [6.45, 7) is 0.354. The maximum Gasteiger partial charge on any atom is 0.414 e. The number of anilines is 1. The molecule has 0 saturated carbocycles. The van der Waals surface area contributed by atoms with Crippen molar-refractivity contribution in [3.8, 4) is 5.75 Å². The van der Waals surface area contributed by atoms with Crippen LogP contribution >= 0.6 is 0 Å². The number of ether oxygens (including phenoxy) is 2. The van der Waals surface area contributed by atoms with Crippen LogP contribution in [0.5, 0.6) is 5.75 Å². The predicted octanol–water partition coefficient (Wildman–Crippen LogP) is 3.58. The number of imide groups is 1. The summed E-state index contributed by atoms with van der Waals surface area (Å²) in [6, 6.07) is 19.3. The molecule has 0 bridgehead atoms. The Morgan fingerprint density at radius 2 is 1.89 bits per heavy atom. The number of carbonyl (C=O) groups excluding carboxylic acids is 3. The van der Waals surface area contributed by atoms with Crippen molar-refractivity contribution in [1.82, 2.24) is 15.2 Å². The predicted molar refractivity (Wildman–Crippen MR) is 127 cm³/mol. The molecule has 178 valence electrons. The Balaban J connectivity index is 1.45. The molecule has 2 aliphatic rings. The monoisotopic (exact) mass is 472 g/mol. The largest absolute Gasteiger partial charge is 0.497 e. The van der Waals surface area contributed by atoms with Gasteiger partial charge < -0.3 is 14.8 Å². The van der Waals surface area contributed by atoms with Gasteiger partial charge in [-0.2, -0.15) is 0 Å². The number of aromatic nitrogens is 1. The molecule has 0 radical (unpaired) electrons. The Bertz CT molecular complexity index is 1270. The molecule has 9 nitrogen and oxygen atoms in total. The van der Waals surface area contributed by atoms with Crippen LogP contribution < -0.4 is 15.0 Å². The Morgan fingerprint density at radius 1 is 1.09 bits per heavy atom. The van der Waals surface area contributed by atoms with Gasteiger partial charge in [0.1, 0.15) is 12.4 Å². The highest BCUT2D eigenvalue weighted by atomic mass is 16.6. The third kappa shape index (κ3) is 4.05. The third-order valence-corrected chi connectivity index (χ3v) is 6.31. The summed E-state index contributed by atoms with van der Waals surface area (Å²) >= 11 is 0. The van der Waals surface area contributed by atoms with Crippen molar-refractivity contribution < 1.29 is 23.9 Å². The minimum absolute atomic E-state index is 0.0571. The first kappa shape index (κ1) is 22.4. The number of benzene rings is 2. The van der Waals surface area contributed by atoms with Gasteiger partial charge in [0, 0.05) is 30.8 Å². The van der Waals surface area contributed by atoms with Crippen molar-refractivity contribution in [2.75, 3.05) is 18.6 Å². The molecule has 1 fully saturated rings. The highest BCUT2D eigenvalue weighted by Crippen LogP contribution is 2.44. The molecule has 3 heterocycles. The summed E-state index contributed by atoms with van der Waals surface area (Å²) < 4.78 is 10.9. The fourth-order valence-electron chi connectivity index (χ4n) is 4.52. The van der Waals surface area contributed by atoms with Gasteiger partial charge in [0.15, 0.2) is 5.54 Å². The number of fused-ring (bicyclic) bond motifs is 2. The summed E-state index contributed by atoms with van der Waals surface area (Å²) in [5.41, 5.74) is 1.16. The van der Waals surface area contributed by atoms with E-state index in [-0.39, 0.29) is 32.0 Å². The number of hydrogen-bond donors (Lipinski definition) is 1. The Labute approximate surface area is 202 Å². The van der Waals surface area contributed by atoms with Gasteiger partial charge in [-0.05, 0) is 23.8 Å². The second-order valence-corrected chi connectivity index (χ2v) is 8.37. The van der Waals surface area contributed by atoms with Crippen LogP contribution in [0.2, 0.25) is 0 Å². The molecule has 1 spiro atoms. The van der Waals surface area contributed by atoms with E-state index in [4.69, 9.17) is 9.47 Å². The van der Waals surface area contributed by atoms with Crippen LogP contribution in [0, 0.1) is 0 Å². The Morgan fingerprint density at radius 3 is 2.63 bits per heavy atom. The molecule has 35 heavy (non-hydrogen) atoms. The summed E-state index contributed by atoms with van der Waals surface area (Å²) in [5, 5.41) is 2.89. The zero-order valence-corrected chi connectivity index (χ0v) is 19.1. The molecule has 3 aromatic rings. The average molecular weight is 473 g/mol. The minimum Gasteiger partial charge on any atom is -0.497 e. The van der Waals surface area contributed by atoms with E-state index in [1.54, 1.807) is 42.6 Å². The number of carbonyl (C=O) groups is 3. The van der Waals surface area contributed by atoms with E-state index in [1.165, 1.54) is 16.9 Å². The Kier molecular flexibility index (Phi) is 5.82. The van der Waals surface area contributed by atoms with E-state index in [0.29, 0.717) is 22.7 Å². The van der Waals surface area contributed by atoms with Gasteiger partial charge in [-0.15, -0.1) is 0 Å². The van der Waals surface area contributed by atoms with Gasteiger partial charge in [0.05, 0.1) is 25.0 Å². The lowest BCUT2D eigenvalue weighted by atomic mass is 9.82. The van der Waals surface area contributed by atoms with Gasteiger partial charge in [-0.3, -0.25) is 19.6 Å². The molecular weight excluding hydrogens is 448 g/mol. The zero-order chi connectivity index (χ0) is 24.4. The van der Waals surface area contributed by atoms with Gasteiger partial charge >= 0.3 is 12.1 Å². The van der Waals surface area contributed by atoms with E-state index in [1.807, 2.05) is 30.3 Å². The van der Waals surface area contributed by atoms with Crippen molar-refractivity contribution in [2.24, 2.45) is 0 Å². The second-order valence-electron chi connectivity index (χ2n) is 8.37. The smallest absolute Gasteiger partial charge is 0.414 e. The molecule has 9 heteroatoms. The fraction of sp³-hybridized carbons (Fsp3) is 0.231. The molecule has 2 aromatic carbocycles. The molecule has 1 aromatic heterocycles. The summed E-state index contributed by atoms with van der Waals surface area (Å²) in [4.78, 5) is 46.5. The maximum atomic E-state index is 13.7. The highest BCUT2D eigenvalue weighted by Gasteiger charge is 2.55. The van der Waals surface area contributed by atoms with Gasteiger partial charge in [0.25, 0.3) is 5.91 Å². The van der Waals surface area contributed by atoms with Gasteiger partial charge in [-0.25, -0.2) is 9.59 Å². The standard InChI is InChI=1S/C26H24N4O5/c1-34-20-10-11-21-22(15-20)29(25(33)35-17-18-7-3-2-4-8-18)14-12-26(21)23(31)30(24(32)28-26)16-19-9-5-6-13-27-19/h2-11,13,15H,12,14,16-17H2,1H3,(H,28,32). The van der Waals surface area contributed by atoms with E-state index >= 15 is 0 Å². The number of amides is 4. The fourth-order valence-corrected chi connectivity index (χ4v) is 4.52. The quantitative estimate of drug-likeness (QED) is 0.570. The first-order valence-electron chi connectivity index (χ1n) is 11.2. The summed E-state index contributed by atoms with van der Waals surface area (Å²) in [7, 11) is 1.52. The molecular formula is C26H24N4O5. The van der Waals surface area contributed by atoms with Crippen LogP contribution in [0.1, 0.15) is 23.2 Å². The lowest BCUT2D eigenvalue weighted by Crippen LogP contribution is -2.52. The molecule has 5 rings (SSSR count). The van der Waals surface area contributed by atoms with Crippen LogP contribution in [0.3, 0.4) is 0 Å². The lowest BCUT2D eigenvalue weighted by molar-refractivity contribution is -0.132. The minimum atomic E-state index is -1.29. The number of nitrogens with one attached hydrogen (secondary N) is 1. The van der Waals surface area contributed by atoms with E-state index in [0.717, 1.165) is 5.56 Å². The number of methoxy groups -OCH3 is 1. The van der Waals surface area contributed by atoms with Gasteiger partial charge in [-0.1, -0.05) is 42.5 Å². The normalized spacial score (nSPS) is 18.9. The molecule has 1 unspecified atom stereocenters. The number of hydrogen-bond acceptors (Lipinski definition) is 6. The topological polar surface area (TPSA) is 101 Å². The zero-order valence-electron chi connectivity index (χ0n) is 19.1. The number of pyridine rings is 1. The van der Waals surface area contributed by atoms with Crippen molar-refractivity contribution in [1.29, 1.82) is 0 Å². The van der Waals surface area contributed by atoms with Crippen molar-refractivity contribution in [2.45, 2.75) is 25.1 Å². The van der Waals surface area contributed by atoms with Gasteiger partial charge in [0.2, 0.25) is 0 Å². The van der Waals surface area contributed by atoms with Crippen LogP contribution in [-0.4, -0.2) is 41.6 Å². The lowest BCUT2D eigenvalue weighted by Gasteiger charge is -2.38. The van der Waals surface area contributed by atoms with Crippen LogP contribution in [0.4, 0.5) is 15.3 Å². The molecule has 1 N–H and O–H groups in total. The molecule has 1 saturated heterocycles. The second kappa shape index (κ2) is 9.09. The first-order chi connectivity index (χ1) is 17.0. The van der Waals surface area contributed by atoms with E-state index in [9.17, 15) is 14.4 Å². The third-order valence-electron chi connectivity index (χ3n) is 6.31. The number of rotatable bonds is 5. The molecule has 0 aliphatic carbocycles. The maximum absolute atomic E-state index is 13.7. The van der Waals surface area contributed by atoms with Crippen LogP contribution in [0.25, 0.3) is 0 Å². The van der Waals surface area contributed by atoms with Crippen molar-refractivity contribution >= 4 is 23.7 Å².